The highest BCUT2D eigenvalue weighted by atomic mass is 16.3. The van der Waals surface area contributed by atoms with Gasteiger partial charge in [-0.1, -0.05) is 49.6 Å². The molecule has 1 aliphatic rings. The van der Waals surface area contributed by atoms with Crippen LogP contribution < -0.4 is 5.73 Å². The molecule has 1 atom stereocenters. The fraction of sp³-hybridized carbons (Fsp3) is 0.571. The lowest BCUT2D eigenvalue weighted by atomic mass is 9.73. The normalized spacial score (nSPS) is 21.6. The number of hydrogen-bond acceptors (Lipinski definition) is 2. The van der Waals surface area contributed by atoms with Gasteiger partial charge >= 0.3 is 0 Å². The molecule has 2 nitrogen and oxygen atoms in total. The van der Waals surface area contributed by atoms with Gasteiger partial charge in [0, 0.05) is 6.54 Å². The molecule has 3 N–H and O–H groups in total. The number of aliphatic hydroxyl groups is 1. The summed E-state index contributed by atoms with van der Waals surface area (Å²) in [6.07, 6.45) is 5.94. The third-order valence-corrected chi connectivity index (χ3v) is 3.87. The molecule has 1 fully saturated rings. The Balaban J connectivity index is 2.24. The minimum absolute atomic E-state index is 0.321. The van der Waals surface area contributed by atoms with Crippen LogP contribution in [0.5, 0.6) is 0 Å². The molecule has 0 amide bonds. The highest BCUT2D eigenvalue weighted by Gasteiger charge is 2.37. The van der Waals surface area contributed by atoms with Crippen molar-refractivity contribution >= 4 is 0 Å². The van der Waals surface area contributed by atoms with E-state index < -0.39 is 5.60 Å². The predicted molar refractivity (Wildman–Crippen MR) is 66.0 cm³/mol. The largest absolute Gasteiger partial charge is 0.384 e. The van der Waals surface area contributed by atoms with Crippen LogP contribution in [-0.2, 0) is 5.60 Å². The molecule has 0 bridgehead atoms. The van der Waals surface area contributed by atoms with Gasteiger partial charge in [-0.15, -0.1) is 0 Å². The van der Waals surface area contributed by atoms with E-state index in [0.29, 0.717) is 12.5 Å². The highest BCUT2D eigenvalue weighted by Crippen LogP contribution is 2.38. The van der Waals surface area contributed by atoms with Gasteiger partial charge in [0.05, 0.1) is 0 Å². The zero-order valence-corrected chi connectivity index (χ0v) is 9.73. The molecule has 0 saturated heterocycles. The highest BCUT2D eigenvalue weighted by molar-refractivity contribution is 5.24. The average molecular weight is 219 g/mol. The van der Waals surface area contributed by atoms with Gasteiger partial charge in [-0.2, -0.15) is 0 Å². The van der Waals surface area contributed by atoms with Crippen LogP contribution in [0.3, 0.4) is 0 Å². The van der Waals surface area contributed by atoms with E-state index in [4.69, 9.17) is 5.73 Å². The summed E-state index contributed by atoms with van der Waals surface area (Å²) >= 11 is 0. The van der Waals surface area contributed by atoms with Gasteiger partial charge in [0.15, 0.2) is 0 Å². The minimum atomic E-state index is -0.818. The summed E-state index contributed by atoms with van der Waals surface area (Å²) in [5.41, 5.74) is 5.98. The van der Waals surface area contributed by atoms with Crippen molar-refractivity contribution in [3.63, 3.8) is 0 Å². The number of hydrogen-bond donors (Lipinski definition) is 2. The second kappa shape index (κ2) is 4.98. The number of nitrogens with two attached hydrogens (primary N) is 1. The van der Waals surface area contributed by atoms with Gasteiger partial charge in [-0.3, -0.25) is 0 Å². The fourth-order valence-electron chi connectivity index (χ4n) is 2.83. The summed E-state index contributed by atoms with van der Waals surface area (Å²) in [6, 6.07) is 9.89. The molecule has 0 aliphatic heterocycles. The van der Waals surface area contributed by atoms with Crippen LogP contribution in [-0.4, -0.2) is 11.7 Å². The van der Waals surface area contributed by atoms with Crippen molar-refractivity contribution < 1.29 is 5.11 Å². The van der Waals surface area contributed by atoms with E-state index in [0.717, 1.165) is 18.4 Å². The standard InChI is InChI=1S/C14H21NO/c15-11-14(16,12-7-3-1-4-8-12)13-9-5-2-6-10-13/h1,3-4,7-8,13,16H,2,5-6,9-11,15H2. The summed E-state index contributed by atoms with van der Waals surface area (Å²) in [5, 5.41) is 10.8. The Morgan fingerprint density at radius 3 is 2.31 bits per heavy atom. The maximum absolute atomic E-state index is 10.8. The van der Waals surface area contributed by atoms with Crippen LogP contribution in [0, 0.1) is 5.92 Å². The predicted octanol–water partition coefficient (Wildman–Crippen LogP) is 2.41. The molecule has 1 aliphatic carbocycles. The summed E-state index contributed by atoms with van der Waals surface area (Å²) < 4.78 is 0. The average Bonchev–Trinajstić information content (AvgIpc) is 2.40. The summed E-state index contributed by atoms with van der Waals surface area (Å²) in [6.45, 7) is 0.321. The first-order valence-corrected chi connectivity index (χ1v) is 6.25. The van der Waals surface area contributed by atoms with Crippen LogP contribution in [0.15, 0.2) is 30.3 Å². The summed E-state index contributed by atoms with van der Waals surface area (Å²) in [7, 11) is 0. The monoisotopic (exact) mass is 219 g/mol. The van der Waals surface area contributed by atoms with Gasteiger partial charge in [0.1, 0.15) is 5.60 Å². The van der Waals surface area contributed by atoms with E-state index in [1.807, 2.05) is 30.3 Å². The Labute approximate surface area is 97.5 Å². The molecule has 0 heterocycles. The van der Waals surface area contributed by atoms with E-state index in [9.17, 15) is 5.11 Å². The van der Waals surface area contributed by atoms with Crippen molar-refractivity contribution in [2.45, 2.75) is 37.7 Å². The quantitative estimate of drug-likeness (QED) is 0.820. The molecule has 0 spiro atoms. The second-order valence-electron chi connectivity index (χ2n) is 4.83. The van der Waals surface area contributed by atoms with Gasteiger partial charge in [-0.05, 0) is 24.3 Å². The molecule has 2 heteroatoms. The Morgan fingerprint density at radius 2 is 1.75 bits per heavy atom. The first kappa shape index (κ1) is 11.6. The smallest absolute Gasteiger partial charge is 0.105 e. The zero-order chi connectivity index (χ0) is 11.4. The zero-order valence-electron chi connectivity index (χ0n) is 9.73. The van der Waals surface area contributed by atoms with Gasteiger partial charge in [-0.25, -0.2) is 0 Å². The molecule has 1 aromatic rings. The Kier molecular flexibility index (Phi) is 3.62. The first-order chi connectivity index (χ1) is 7.77. The molecule has 16 heavy (non-hydrogen) atoms. The Bertz CT molecular complexity index is 319. The van der Waals surface area contributed by atoms with Crippen molar-refractivity contribution in [3.8, 4) is 0 Å². The lowest BCUT2D eigenvalue weighted by Crippen LogP contribution is -2.43. The number of rotatable bonds is 3. The Morgan fingerprint density at radius 1 is 1.12 bits per heavy atom. The molecular weight excluding hydrogens is 198 g/mol. The topological polar surface area (TPSA) is 46.2 Å². The SMILES string of the molecule is NCC(O)(c1ccccc1)C1CCCCC1. The van der Waals surface area contributed by atoms with Crippen molar-refractivity contribution in [1.82, 2.24) is 0 Å². The molecular formula is C14H21NO. The molecule has 2 rings (SSSR count). The van der Waals surface area contributed by atoms with Crippen molar-refractivity contribution in [3.05, 3.63) is 35.9 Å². The van der Waals surface area contributed by atoms with Crippen molar-refractivity contribution in [2.24, 2.45) is 11.7 Å². The molecule has 1 unspecified atom stereocenters. The summed E-state index contributed by atoms with van der Waals surface area (Å²) in [5.74, 6) is 0.327. The van der Waals surface area contributed by atoms with Gasteiger partial charge in [0.2, 0.25) is 0 Å². The van der Waals surface area contributed by atoms with Crippen molar-refractivity contribution in [1.29, 1.82) is 0 Å². The van der Waals surface area contributed by atoms with Crippen LogP contribution in [0.4, 0.5) is 0 Å². The number of benzene rings is 1. The lowest BCUT2D eigenvalue weighted by Gasteiger charge is -2.38. The molecule has 1 aromatic carbocycles. The third-order valence-electron chi connectivity index (χ3n) is 3.87. The Hall–Kier alpha value is -0.860. The van der Waals surface area contributed by atoms with E-state index in [1.54, 1.807) is 0 Å². The molecule has 0 radical (unpaired) electrons. The second-order valence-corrected chi connectivity index (χ2v) is 4.83. The molecule has 88 valence electrons. The van der Waals surface area contributed by atoms with Gasteiger partial charge in [0.25, 0.3) is 0 Å². The van der Waals surface area contributed by atoms with Crippen LogP contribution >= 0.6 is 0 Å². The van der Waals surface area contributed by atoms with Gasteiger partial charge < -0.3 is 10.8 Å². The maximum atomic E-state index is 10.8. The molecule has 1 saturated carbocycles. The maximum Gasteiger partial charge on any atom is 0.105 e. The third kappa shape index (κ3) is 2.13. The molecule has 0 aromatic heterocycles. The lowest BCUT2D eigenvalue weighted by molar-refractivity contribution is -0.0304. The van der Waals surface area contributed by atoms with Crippen LogP contribution in [0.1, 0.15) is 37.7 Å². The first-order valence-electron chi connectivity index (χ1n) is 6.25. The fourth-order valence-corrected chi connectivity index (χ4v) is 2.83. The minimum Gasteiger partial charge on any atom is -0.384 e. The van der Waals surface area contributed by atoms with Crippen LogP contribution in [0.2, 0.25) is 0 Å². The van der Waals surface area contributed by atoms with E-state index in [-0.39, 0.29) is 0 Å². The van der Waals surface area contributed by atoms with Crippen molar-refractivity contribution in [2.75, 3.05) is 6.54 Å². The summed E-state index contributed by atoms with van der Waals surface area (Å²) in [4.78, 5) is 0. The van der Waals surface area contributed by atoms with Crippen LogP contribution in [0.25, 0.3) is 0 Å². The van der Waals surface area contributed by atoms with E-state index in [1.165, 1.54) is 19.3 Å². The van der Waals surface area contributed by atoms with E-state index >= 15 is 0 Å². The van der Waals surface area contributed by atoms with E-state index in [2.05, 4.69) is 0 Å².